The Balaban J connectivity index is 2.99. The molecule has 5 heteroatoms. The molecule has 2 N–H and O–H groups in total. The zero-order valence-corrected chi connectivity index (χ0v) is 13.9. The Morgan fingerprint density at radius 1 is 1.24 bits per heavy atom. The topological polar surface area (TPSA) is 55.8 Å². The fourth-order valence-electron chi connectivity index (χ4n) is 2.28. The van der Waals surface area contributed by atoms with E-state index in [0.717, 1.165) is 22.5 Å². The van der Waals surface area contributed by atoms with Gasteiger partial charge in [0.1, 0.15) is 0 Å². The van der Waals surface area contributed by atoms with Crippen molar-refractivity contribution in [3.63, 3.8) is 0 Å². The third-order valence-electron chi connectivity index (χ3n) is 3.49. The molecular weight excluding hydrogens is 266 g/mol. The van der Waals surface area contributed by atoms with Gasteiger partial charge in [-0.2, -0.15) is 0 Å². The molecule has 2 amide bonds. The van der Waals surface area contributed by atoms with Gasteiger partial charge < -0.3 is 20.2 Å². The number of nitrogens with one attached hydrogen (secondary N) is 1. The van der Waals surface area contributed by atoms with E-state index >= 15 is 0 Å². The second-order valence-corrected chi connectivity index (χ2v) is 5.79. The average molecular weight is 293 g/mol. The molecule has 0 saturated carbocycles. The number of urea groups is 1. The fourth-order valence-corrected chi connectivity index (χ4v) is 2.28. The first kappa shape index (κ1) is 17.3. The minimum atomic E-state index is -0.178. The maximum atomic E-state index is 12.4. The first-order valence-corrected chi connectivity index (χ1v) is 7.25. The van der Waals surface area contributed by atoms with E-state index in [1.165, 1.54) is 0 Å². The lowest BCUT2D eigenvalue weighted by molar-refractivity contribution is 0.172. The standard InChI is InChI=1S/C16H27N3O2/c1-11(2)19(7-8-20)16(21)17-15-12(3)9-14(18(5)6)10-13(15)4/h9-11,20H,7-8H2,1-6H3,(H,17,21). The van der Waals surface area contributed by atoms with Gasteiger partial charge in [-0.1, -0.05) is 0 Å². The number of nitrogens with zero attached hydrogens (tertiary/aromatic N) is 2. The van der Waals surface area contributed by atoms with Gasteiger partial charge in [0.2, 0.25) is 0 Å². The monoisotopic (exact) mass is 293 g/mol. The van der Waals surface area contributed by atoms with Gasteiger partial charge in [0.25, 0.3) is 0 Å². The first-order chi connectivity index (χ1) is 9.77. The van der Waals surface area contributed by atoms with Crippen LogP contribution < -0.4 is 10.2 Å². The highest BCUT2D eigenvalue weighted by atomic mass is 16.3. The van der Waals surface area contributed by atoms with Crippen molar-refractivity contribution in [2.45, 2.75) is 33.7 Å². The van der Waals surface area contributed by atoms with Gasteiger partial charge in [-0.15, -0.1) is 0 Å². The van der Waals surface area contributed by atoms with Crippen LogP contribution in [0.3, 0.4) is 0 Å². The summed E-state index contributed by atoms with van der Waals surface area (Å²) < 4.78 is 0. The largest absolute Gasteiger partial charge is 0.395 e. The van der Waals surface area contributed by atoms with E-state index in [2.05, 4.69) is 5.32 Å². The van der Waals surface area contributed by atoms with Gasteiger partial charge >= 0.3 is 6.03 Å². The molecule has 0 radical (unpaired) electrons. The van der Waals surface area contributed by atoms with Crippen LogP contribution in [0.5, 0.6) is 0 Å². The number of aliphatic hydroxyl groups excluding tert-OH is 1. The number of aliphatic hydroxyl groups is 1. The minimum Gasteiger partial charge on any atom is -0.395 e. The number of carbonyl (C=O) groups excluding carboxylic acids is 1. The lowest BCUT2D eigenvalue weighted by Gasteiger charge is -2.27. The molecule has 1 rings (SSSR count). The molecule has 0 aliphatic rings. The Hall–Kier alpha value is -1.75. The van der Waals surface area contributed by atoms with Crippen LogP contribution in [0.15, 0.2) is 12.1 Å². The Morgan fingerprint density at radius 3 is 2.14 bits per heavy atom. The summed E-state index contributed by atoms with van der Waals surface area (Å²) in [6.45, 7) is 8.14. The van der Waals surface area contributed by atoms with E-state index in [9.17, 15) is 4.79 Å². The molecule has 0 heterocycles. The number of amides is 2. The van der Waals surface area contributed by atoms with Crippen molar-refractivity contribution >= 4 is 17.4 Å². The van der Waals surface area contributed by atoms with E-state index in [0.29, 0.717) is 6.54 Å². The predicted octanol–water partition coefficient (Wildman–Crippen LogP) is 2.60. The van der Waals surface area contributed by atoms with Crippen molar-refractivity contribution in [2.75, 3.05) is 37.5 Å². The van der Waals surface area contributed by atoms with Crippen LogP contribution in [-0.2, 0) is 0 Å². The highest BCUT2D eigenvalue weighted by Gasteiger charge is 2.18. The molecule has 0 unspecified atom stereocenters. The summed E-state index contributed by atoms with van der Waals surface area (Å²) in [4.78, 5) is 16.0. The number of rotatable bonds is 5. The van der Waals surface area contributed by atoms with E-state index in [-0.39, 0.29) is 18.7 Å². The average Bonchev–Trinajstić information content (AvgIpc) is 2.39. The smallest absolute Gasteiger partial charge is 0.322 e. The Labute approximate surface area is 127 Å². The summed E-state index contributed by atoms with van der Waals surface area (Å²) in [6.07, 6.45) is 0. The van der Waals surface area contributed by atoms with Crippen molar-refractivity contribution in [1.82, 2.24) is 4.90 Å². The van der Waals surface area contributed by atoms with Crippen LogP contribution in [0.2, 0.25) is 0 Å². The summed E-state index contributed by atoms with van der Waals surface area (Å²) in [6, 6.07) is 3.96. The Morgan fingerprint density at radius 2 is 1.76 bits per heavy atom. The number of carbonyl (C=O) groups is 1. The summed E-state index contributed by atoms with van der Waals surface area (Å²) >= 11 is 0. The van der Waals surface area contributed by atoms with Crippen LogP contribution >= 0.6 is 0 Å². The highest BCUT2D eigenvalue weighted by molar-refractivity contribution is 5.91. The number of hydrogen-bond donors (Lipinski definition) is 2. The molecule has 0 aromatic heterocycles. The third-order valence-corrected chi connectivity index (χ3v) is 3.49. The second kappa shape index (κ2) is 7.31. The van der Waals surface area contributed by atoms with Crippen LogP contribution in [0.25, 0.3) is 0 Å². The summed E-state index contributed by atoms with van der Waals surface area (Å²) in [5, 5.41) is 12.0. The molecule has 0 spiro atoms. The lowest BCUT2D eigenvalue weighted by Crippen LogP contribution is -2.42. The predicted molar refractivity (Wildman–Crippen MR) is 88.2 cm³/mol. The van der Waals surface area contributed by atoms with Gasteiger partial charge in [-0.25, -0.2) is 4.79 Å². The molecule has 0 aliphatic carbocycles. The zero-order chi connectivity index (χ0) is 16.2. The van der Waals surface area contributed by atoms with Crippen molar-refractivity contribution in [2.24, 2.45) is 0 Å². The molecular formula is C16H27N3O2. The van der Waals surface area contributed by atoms with Gasteiger partial charge in [0.15, 0.2) is 0 Å². The summed E-state index contributed by atoms with van der Waals surface area (Å²) in [7, 11) is 3.99. The maximum Gasteiger partial charge on any atom is 0.322 e. The number of hydrogen-bond acceptors (Lipinski definition) is 3. The molecule has 0 aliphatic heterocycles. The van der Waals surface area contributed by atoms with Crippen LogP contribution in [0.1, 0.15) is 25.0 Å². The van der Waals surface area contributed by atoms with Crippen molar-refractivity contribution in [3.8, 4) is 0 Å². The molecule has 1 aromatic carbocycles. The number of anilines is 2. The van der Waals surface area contributed by atoms with Gasteiger partial charge in [-0.05, 0) is 51.0 Å². The van der Waals surface area contributed by atoms with E-state index < -0.39 is 0 Å². The van der Waals surface area contributed by atoms with Crippen molar-refractivity contribution < 1.29 is 9.90 Å². The molecule has 21 heavy (non-hydrogen) atoms. The SMILES string of the molecule is Cc1cc(N(C)C)cc(C)c1NC(=O)N(CCO)C(C)C. The van der Waals surface area contributed by atoms with E-state index in [1.807, 2.05) is 58.8 Å². The number of aryl methyl sites for hydroxylation is 2. The Kier molecular flexibility index (Phi) is 6.03. The fraction of sp³-hybridized carbons (Fsp3) is 0.562. The lowest BCUT2D eigenvalue weighted by atomic mass is 10.1. The highest BCUT2D eigenvalue weighted by Crippen LogP contribution is 2.26. The summed E-state index contributed by atoms with van der Waals surface area (Å²) in [5.74, 6) is 0. The molecule has 1 aromatic rings. The van der Waals surface area contributed by atoms with E-state index in [1.54, 1.807) is 4.90 Å². The van der Waals surface area contributed by atoms with Crippen molar-refractivity contribution in [1.29, 1.82) is 0 Å². The van der Waals surface area contributed by atoms with Gasteiger partial charge in [0.05, 0.1) is 6.61 Å². The normalized spacial score (nSPS) is 10.7. The van der Waals surface area contributed by atoms with Crippen LogP contribution in [-0.4, -0.2) is 49.3 Å². The second-order valence-electron chi connectivity index (χ2n) is 5.79. The zero-order valence-electron chi connectivity index (χ0n) is 13.9. The Bertz CT molecular complexity index is 475. The summed E-state index contributed by atoms with van der Waals surface area (Å²) in [5.41, 5.74) is 4.01. The minimum absolute atomic E-state index is 0.0386. The molecule has 0 fully saturated rings. The van der Waals surface area contributed by atoms with Crippen LogP contribution in [0.4, 0.5) is 16.2 Å². The van der Waals surface area contributed by atoms with Crippen molar-refractivity contribution in [3.05, 3.63) is 23.3 Å². The molecule has 0 saturated heterocycles. The van der Waals surface area contributed by atoms with E-state index in [4.69, 9.17) is 5.11 Å². The molecule has 5 nitrogen and oxygen atoms in total. The first-order valence-electron chi connectivity index (χ1n) is 7.25. The van der Waals surface area contributed by atoms with Crippen LogP contribution in [0, 0.1) is 13.8 Å². The van der Waals surface area contributed by atoms with Gasteiger partial charge in [0, 0.05) is 38.1 Å². The number of benzene rings is 1. The molecule has 118 valence electrons. The molecule has 0 bridgehead atoms. The quantitative estimate of drug-likeness (QED) is 0.877. The maximum absolute atomic E-state index is 12.4. The third kappa shape index (κ3) is 4.36. The molecule has 0 atom stereocenters. The van der Waals surface area contributed by atoms with Gasteiger partial charge in [-0.3, -0.25) is 0 Å².